The van der Waals surface area contributed by atoms with Crippen LogP contribution in [0.25, 0.3) is 0 Å². The van der Waals surface area contributed by atoms with Crippen LogP contribution >= 0.6 is 69.1 Å². The Kier molecular flexibility index (Phi) is 28.9. The van der Waals surface area contributed by atoms with Crippen LogP contribution in [-0.4, -0.2) is 9.97 Å². The van der Waals surface area contributed by atoms with E-state index in [1.807, 2.05) is 99.1 Å². The molecule has 0 aliphatic carbocycles. The molecule has 11 heteroatoms. The van der Waals surface area contributed by atoms with Gasteiger partial charge in [0.05, 0.1) is 4.34 Å². The van der Waals surface area contributed by atoms with E-state index in [1.54, 1.807) is 49.6 Å². The first-order valence-electron chi connectivity index (χ1n) is 19.1. The highest BCUT2D eigenvalue weighted by Gasteiger charge is 1.96. The van der Waals surface area contributed by atoms with E-state index in [4.69, 9.17) is 46.4 Å². The minimum atomic E-state index is -0.530. The number of thiophene rings is 1. The second-order valence-corrected chi connectivity index (χ2v) is 17.4. The summed E-state index contributed by atoms with van der Waals surface area (Å²) in [4.78, 5) is 7.74. The third-order valence-corrected chi connectivity index (χ3v) is 10.3. The Hall–Kier alpha value is -4.47. The fraction of sp³-hybridized carbons (Fsp3) is 0.176. The number of pyridine rings is 1. The summed E-state index contributed by atoms with van der Waals surface area (Å²) < 4.78 is 38.3. The first-order chi connectivity index (χ1) is 29.3. The maximum atomic E-state index is 12.3. The topological polar surface area (TPSA) is 25.8 Å². The summed E-state index contributed by atoms with van der Waals surface area (Å²) in [6.45, 7) is 17.6. The molecule has 0 radical (unpaired) electrons. The van der Waals surface area contributed by atoms with Gasteiger partial charge in [-0.1, -0.05) is 160 Å². The third kappa shape index (κ3) is 28.9. The van der Waals surface area contributed by atoms with Crippen LogP contribution in [0.2, 0.25) is 19.0 Å². The van der Waals surface area contributed by atoms with Crippen LogP contribution in [0.15, 0.2) is 156 Å². The molecule has 5 aromatic carbocycles. The molecule has 0 spiro atoms. The molecule has 3 heterocycles. The minimum Gasteiger partial charge on any atom is -0.244 e. The van der Waals surface area contributed by atoms with Gasteiger partial charge >= 0.3 is 0 Å². The van der Waals surface area contributed by atoms with Crippen molar-refractivity contribution in [3.8, 4) is 0 Å². The number of thiazole rings is 1. The highest BCUT2D eigenvalue weighted by Crippen LogP contribution is 2.18. The Morgan fingerprint density at radius 3 is 1.29 bits per heavy atom. The van der Waals surface area contributed by atoms with Crippen molar-refractivity contribution in [2.45, 2.75) is 62.3 Å². The summed E-state index contributed by atoms with van der Waals surface area (Å²) in [6, 6.07) is 42.4. The van der Waals surface area contributed by atoms with Gasteiger partial charge in [0.25, 0.3) is 0 Å². The van der Waals surface area contributed by atoms with Gasteiger partial charge in [0, 0.05) is 28.4 Å². The molecule has 0 aliphatic rings. The van der Waals surface area contributed by atoms with Crippen molar-refractivity contribution in [2.24, 2.45) is 0 Å². The molecule has 0 saturated carbocycles. The predicted molar refractivity (Wildman–Crippen MR) is 265 cm³/mol. The molecule has 0 unspecified atom stereocenters. The number of hydrogen-bond acceptors (Lipinski definition) is 4. The van der Waals surface area contributed by atoms with E-state index < -0.39 is 11.6 Å². The first-order valence-corrected chi connectivity index (χ1v) is 22.4. The number of benzene rings is 5. The fourth-order valence-corrected chi connectivity index (χ4v) is 6.13. The smallest absolute Gasteiger partial charge is 0.183 e. The Bertz CT molecular complexity index is 2190. The van der Waals surface area contributed by atoms with Gasteiger partial charge in [0.2, 0.25) is 0 Å². The van der Waals surface area contributed by atoms with E-state index in [2.05, 4.69) is 67.1 Å². The molecule has 0 saturated heterocycles. The zero-order valence-electron chi connectivity index (χ0n) is 36.4. The molecule has 0 atom stereocenters. The zero-order valence-corrected chi connectivity index (χ0v) is 41.0. The Morgan fingerprint density at radius 1 is 0.435 bits per heavy atom. The Morgan fingerprint density at radius 2 is 0.984 bits per heavy atom. The SMILES string of the molecule is Cc1ccc(C)cc1.Cc1ccc(Cl)nc1.Cc1ccc(F)cc1F.Cc1cccc(Cl)c1.Cc1ccccc1.Cc1ccccc1F.Cc1csc(Cl)c1.Cc1csc(Cl)n1. The van der Waals surface area contributed by atoms with E-state index in [9.17, 15) is 13.2 Å². The standard InChI is InChI=1S/C8H10.C7H7Cl.C7H6F2.C7H7F.C7H8.C6H6ClN.C5H5ClS.C4H4ClNS/c1-7-3-5-8(2)6-4-7;1-6-3-2-4-7(8)5-6;1-5-2-3-6(8)4-7(5)9;1-6-4-2-3-5-7(6)8;1-7-5-3-2-4-6-7;1-5-2-3-6(7)8-4-5;1-4-2-5(6)7-3-4;1-3-2-7-4(5)6-3/h3-6H,1-2H3;2-5H,1H3;2-4H,1H3;2-5H,1H3;2-6H,1H3;2-4H,1H3;2-3H,1H3;2H,1H3. The average molecular weight is 957 g/mol. The van der Waals surface area contributed by atoms with Gasteiger partial charge in [-0.25, -0.2) is 23.1 Å². The predicted octanol–water partition coefficient (Wildman–Crippen LogP) is 18.2. The van der Waals surface area contributed by atoms with Gasteiger partial charge in [-0.15, -0.1) is 22.7 Å². The van der Waals surface area contributed by atoms with Crippen molar-refractivity contribution in [2.75, 3.05) is 0 Å². The van der Waals surface area contributed by atoms with Crippen LogP contribution < -0.4 is 0 Å². The molecular weight excluding hydrogens is 904 g/mol. The molecule has 328 valence electrons. The van der Waals surface area contributed by atoms with Crippen molar-refractivity contribution in [1.82, 2.24) is 9.97 Å². The summed E-state index contributed by atoms with van der Waals surface area (Å²) in [7, 11) is 0. The van der Waals surface area contributed by atoms with Crippen molar-refractivity contribution in [3.05, 3.63) is 243 Å². The van der Waals surface area contributed by atoms with Crippen LogP contribution in [-0.2, 0) is 0 Å². The van der Waals surface area contributed by atoms with Crippen LogP contribution in [0.1, 0.15) is 50.2 Å². The van der Waals surface area contributed by atoms with Crippen molar-refractivity contribution in [3.63, 3.8) is 0 Å². The molecule has 8 rings (SSSR count). The van der Waals surface area contributed by atoms with E-state index in [0.29, 0.717) is 20.7 Å². The van der Waals surface area contributed by atoms with Gasteiger partial charge in [0.1, 0.15) is 22.6 Å². The lowest BCUT2D eigenvalue weighted by Crippen LogP contribution is -1.81. The molecule has 0 bridgehead atoms. The van der Waals surface area contributed by atoms with Crippen LogP contribution in [0.3, 0.4) is 0 Å². The van der Waals surface area contributed by atoms with Crippen molar-refractivity contribution >= 4 is 69.1 Å². The monoisotopic (exact) mass is 954 g/mol. The summed E-state index contributed by atoms with van der Waals surface area (Å²) >= 11 is 25.2. The molecule has 2 nitrogen and oxygen atoms in total. The lowest BCUT2D eigenvalue weighted by atomic mass is 10.2. The van der Waals surface area contributed by atoms with Gasteiger partial charge in [0.15, 0.2) is 4.47 Å². The van der Waals surface area contributed by atoms with E-state index >= 15 is 0 Å². The number of hydrogen-bond donors (Lipinski definition) is 0. The molecule has 62 heavy (non-hydrogen) atoms. The minimum absolute atomic E-state index is 0.132. The number of nitrogens with zero attached hydrogens (tertiary/aromatic N) is 2. The second kappa shape index (κ2) is 32.2. The molecular formula is C51H53Cl4F3N2S2. The number of halogens is 7. The maximum absolute atomic E-state index is 12.3. The highest BCUT2D eigenvalue weighted by molar-refractivity contribution is 7.14. The van der Waals surface area contributed by atoms with Crippen LogP contribution in [0.4, 0.5) is 13.2 Å². The van der Waals surface area contributed by atoms with E-state index in [0.717, 1.165) is 26.7 Å². The molecule has 0 amide bonds. The van der Waals surface area contributed by atoms with Gasteiger partial charge in [-0.3, -0.25) is 0 Å². The first kappa shape index (κ1) is 55.5. The molecule has 3 aromatic heterocycles. The van der Waals surface area contributed by atoms with E-state index in [-0.39, 0.29) is 5.82 Å². The Labute approximate surface area is 395 Å². The van der Waals surface area contributed by atoms with Gasteiger partial charge in [-0.2, -0.15) is 0 Å². The largest absolute Gasteiger partial charge is 0.244 e. The summed E-state index contributed by atoms with van der Waals surface area (Å²) in [5, 5.41) is 5.31. The Balaban J connectivity index is 0.000000355. The average Bonchev–Trinajstić information content (AvgIpc) is 3.82. The van der Waals surface area contributed by atoms with Crippen LogP contribution in [0, 0.1) is 79.8 Å². The number of rotatable bonds is 0. The lowest BCUT2D eigenvalue weighted by molar-refractivity contribution is 0.577. The van der Waals surface area contributed by atoms with Gasteiger partial charge < -0.3 is 0 Å². The summed E-state index contributed by atoms with van der Waals surface area (Å²) in [6.07, 6.45) is 1.74. The summed E-state index contributed by atoms with van der Waals surface area (Å²) in [5.41, 5.74) is 9.73. The van der Waals surface area contributed by atoms with Gasteiger partial charge in [-0.05, 0) is 132 Å². The number of aromatic nitrogens is 2. The third-order valence-electron chi connectivity index (χ3n) is 7.51. The van der Waals surface area contributed by atoms with Crippen molar-refractivity contribution in [1.29, 1.82) is 0 Å². The summed E-state index contributed by atoms with van der Waals surface area (Å²) in [5.74, 6) is -1.15. The molecule has 8 aromatic rings. The fourth-order valence-electron chi connectivity index (χ4n) is 4.07. The molecule has 0 fully saturated rings. The molecule has 0 aliphatic heterocycles. The normalized spacial score (nSPS) is 9.29. The van der Waals surface area contributed by atoms with Crippen LogP contribution in [0.5, 0.6) is 0 Å². The lowest BCUT2D eigenvalue weighted by Gasteiger charge is -1.92. The number of aryl methyl sites for hydroxylation is 9. The quantitative estimate of drug-likeness (QED) is 0.142. The van der Waals surface area contributed by atoms with E-state index in [1.165, 1.54) is 57.4 Å². The van der Waals surface area contributed by atoms with Crippen molar-refractivity contribution < 1.29 is 13.2 Å². The zero-order chi connectivity index (χ0) is 46.5. The maximum Gasteiger partial charge on any atom is 0.183 e. The second-order valence-electron chi connectivity index (χ2n) is 13.6. The molecule has 0 N–H and O–H groups in total. The highest BCUT2D eigenvalue weighted by atomic mass is 35.5.